The van der Waals surface area contributed by atoms with Gasteiger partial charge in [0.25, 0.3) is 0 Å². The van der Waals surface area contributed by atoms with E-state index in [1.165, 1.54) is 5.57 Å². The Hall–Kier alpha value is -2.18. The van der Waals surface area contributed by atoms with Gasteiger partial charge in [0.05, 0.1) is 31.1 Å². The lowest BCUT2D eigenvalue weighted by molar-refractivity contribution is -0.140. The van der Waals surface area contributed by atoms with Gasteiger partial charge in [-0.05, 0) is 43.1 Å². The van der Waals surface area contributed by atoms with E-state index in [4.69, 9.17) is 9.47 Å². The summed E-state index contributed by atoms with van der Waals surface area (Å²) in [7, 11) is 3.80. The SMILES string of the molecule is COC1=C2CN(C)CC[C@]34C(=O)C[C@@H]2[C@H]2[C@H](CC(=O)N(c5ccccc53)[C@@H]24)OC1. The highest BCUT2D eigenvalue weighted by Gasteiger charge is 2.67. The predicted octanol–water partition coefficient (Wildman–Crippen LogP) is 1.88. The first-order chi connectivity index (χ1) is 14.1. The molecule has 1 amide bonds. The summed E-state index contributed by atoms with van der Waals surface area (Å²) in [6.45, 7) is 1.97. The quantitative estimate of drug-likeness (QED) is 0.728. The van der Waals surface area contributed by atoms with Gasteiger partial charge >= 0.3 is 0 Å². The van der Waals surface area contributed by atoms with Gasteiger partial charge in [0, 0.05) is 24.6 Å². The van der Waals surface area contributed by atoms with E-state index in [0.717, 1.165) is 36.5 Å². The summed E-state index contributed by atoms with van der Waals surface area (Å²) >= 11 is 0. The molecule has 7 rings (SSSR count). The van der Waals surface area contributed by atoms with Crippen molar-refractivity contribution in [1.29, 1.82) is 0 Å². The molecule has 29 heavy (non-hydrogen) atoms. The first kappa shape index (κ1) is 17.7. The van der Waals surface area contributed by atoms with Gasteiger partial charge in [-0.15, -0.1) is 0 Å². The van der Waals surface area contributed by atoms with E-state index in [9.17, 15) is 9.59 Å². The number of rotatable bonds is 1. The number of piperidine rings is 1. The van der Waals surface area contributed by atoms with E-state index in [1.807, 2.05) is 23.1 Å². The van der Waals surface area contributed by atoms with Crippen LogP contribution in [0.1, 0.15) is 24.8 Å². The highest BCUT2D eigenvalue weighted by molar-refractivity contribution is 6.06. The lowest BCUT2D eigenvalue weighted by Crippen LogP contribution is -2.66. The molecule has 1 aromatic rings. The number of methoxy groups -OCH3 is 1. The number of ether oxygens (including phenoxy) is 2. The molecule has 1 spiro atoms. The molecule has 5 heterocycles. The van der Waals surface area contributed by atoms with Gasteiger partial charge in [0.2, 0.25) is 5.91 Å². The Morgan fingerprint density at radius 1 is 1.21 bits per heavy atom. The number of likely N-dealkylation sites (N-methyl/N-ethyl adjacent to an activating group) is 1. The molecule has 152 valence electrons. The Bertz CT molecular complexity index is 956. The van der Waals surface area contributed by atoms with E-state index in [0.29, 0.717) is 19.4 Å². The van der Waals surface area contributed by atoms with Crippen LogP contribution in [-0.2, 0) is 24.5 Å². The molecular formula is C23H26N2O4. The molecule has 1 aliphatic carbocycles. The third kappa shape index (κ3) is 2.09. The zero-order valence-electron chi connectivity index (χ0n) is 16.9. The van der Waals surface area contributed by atoms with Gasteiger partial charge in [-0.1, -0.05) is 18.2 Å². The number of fused-ring (bicyclic) bond motifs is 6. The smallest absolute Gasteiger partial charge is 0.229 e. The van der Waals surface area contributed by atoms with Crippen LogP contribution in [0.3, 0.4) is 0 Å². The third-order valence-corrected chi connectivity index (χ3v) is 8.04. The predicted molar refractivity (Wildman–Crippen MR) is 107 cm³/mol. The van der Waals surface area contributed by atoms with Gasteiger partial charge in [-0.25, -0.2) is 0 Å². The molecule has 4 fully saturated rings. The summed E-state index contributed by atoms with van der Waals surface area (Å²) < 4.78 is 12.0. The molecule has 6 nitrogen and oxygen atoms in total. The summed E-state index contributed by atoms with van der Waals surface area (Å²) in [6.07, 6.45) is 1.45. The molecular weight excluding hydrogens is 368 g/mol. The van der Waals surface area contributed by atoms with Crippen molar-refractivity contribution in [3.63, 3.8) is 0 Å². The lowest BCUT2D eigenvalue weighted by Gasteiger charge is -2.53. The lowest BCUT2D eigenvalue weighted by atomic mass is 9.55. The topological polar surface area (TPSA) is 59.1 Å². The molecule has 4 bridgehead atoms. The van der Waals surface area contributed by atoms with Crippen molar-refractivity contribution in [1.82, 2.24) is 4.90 Å². The number of ketones is 1. The van der Waals surface area contributed by atoms with Crippen LogP contribution < -0.4 is 4.90 Å². The molecule has 1 aromatic carbocycles. The highest BCUT2D eigenvalue weighted by Crippen LogP contribution is 2.60. The monoisotopic (exact) mass is 394 g/mol. The highest BCUT2D eigenvalue weighted by atomic mass is 16.5. The molecule has 0 N–H and O–H groups in total. The maximum absolute atomic E-state index is 13.9. The Morgan fingerprint density at radius 2 is 2.03 bits per heavy atom. The number of hydrogen-bond donors (Lipinski definition) is 0. The minimum atomic E-state index is -0.628. The van der Waals surface area contributed by atoms with Gasteiger partial charge in [0.15, 0.2) is 0 Å². The average molecular weight is 394 g/mol. The standard InChI is InChI=1S/C23H26N2O4/c1-24-8-7-23-15-5-3-4-6-16(15)25-20(27)10-17-21(22(23)25)13(9-19(23)26)14(11-24)18(28-2)12-29-17/h3-6,13,17,21-22H,7-12H2,1-2H3/t13-,17-,21-,22-,23+/m0/s1. The summed E-state index contributed by atoms with van der Waals surface area (Å²) in [5.41, 5.74) is 2.53. The van der Waals surface area contributed by atoms with Crippen LogP contribution in [0.4, 0.5) is 5.69 Å². The average Bonchev–Trinajstić information content (AvgIpc) is 2.98. The van der Waals surface area contributed by atoms with Crippen molar-refractivity contribution in [3.8, 4) is 0 Å². The van der Waals surface area contributed by atoms with E-state index in [1.54, 1.807) is 7.11 Å². The van der Waals surface area contributed by atoms with E-state index in [-0.39, 0.29) is 35.7 Å². The number of amides is 1. The van der Waals surface area contributed by atoms with Gasteiger partial charge in [0.1, 0.15) is 18.1 Å². The van der Waals surface area contributed by atoms with Crippen molar-refractivity contribution in [2.24, 2.45) is 11.8 Å². The number of carbonyl (C=O) groups is 2. The van der Waals surface area contributed by atoms with Crippen molar-refractivity contribution in [2.75, 3.05) is 38.8 Å². The van der Waals surface area contributed by atoms with Gasteiger partial charge in [-0.3, -0.25) is 9.59 Å². The molecule has 0 radical (unpaired) electrons. The molecule has 3 saturated heterocycles. The Kier molecular flexibility index (Phi) is 3.61. The molecule has 1 saturated carbocycles. The summed E-state index contributed by atoms with van der Waals surface area (Å²) in [5.74, 6) is 1.37. The molecule has 0 unspecified atom stereocenters. The molecule has 6 heteroatoms. The Balaban J connectivity index is 1.65. The zero-order chi connectivity index (χ0) is 19.9. The minimum Gasteiger partial charge on any atom is -0.499 e. The molecule has 5 aliphatic heterocycles. The van der Waals surface area contributed by atoms with Crippen molar-refractivity contribution in [3.05, 3.63) is 41.2 Å². The van der Waals surface area contributed by atoms with Crippen LogP contribution in [0, 0.1) is 11.8 Å². The number of carbonyl (C=O) groups excluding carboxylic acids is 2. The second kappa shape index (κ2) is 5.92. The van der Waals surface area contributed by atoms with Crippen LogP contribution in [0.25, 0.3) is 0 Å². The van der Waals surface area contributed by atoms with Crippen LogP contribution >= 0.6 is 0 Å². The van der Waals surface area contributed by atoms with E-state index in [2.05, 4.69) is 18.0 Å². The maximum Gasteiger partial charge on any atom is 0.229 e. The fourth-order valence-electron chi connectivity index (χ4n) is 6.86. The number of anilines is 1. The summed E-state index contributed by atoms with van der Waals surface area (Å²) in [4.78, 5) is 31.5. The van der Waals surface area contributed by atoms with Crippen LogP contribution in [0.5, 0.6) is 0 Å². The number of para-hydroxylation sites is 1. The maximum atomic E-state index is 13.9. The summed E-state index contributed by atoms with van der Waals surface area (Å²) in [5, 5.41) is 0. The second-order valence-electron chi connectivity index (χ2n) is 9.20. The number of Topliss-reactive ketones (excluding diaryl/α,β-unsaturated/α-hetero) is 1. The first-order valence-corrected chi connectivity index (χ1v) is 10.6. The fraction of sp³-hybridized carbons (Fsp3) is 0.565. The largest absolute Gasteiger partial charge is 0.499 e. The normalized spacial score (nSPS) is 38.3. The number of nitrogens with zero attached hydrogens (tertiary/aromatic N) is 2. The van der Waals surface area contributed by atoms with Gasteiger partial charge in [-0.2, -0.15) is 0 Å². The minimum absolute atomic E-state index is 0.0635. The van der Waals surface area contributed by atoms with Gasteiger partial charge < -0.3 is 19.3 Å². The fourth-order valence-corrected chi connectivity index (χ4v) is 6.86. The summed E-state index contributed by atoms with van der Waals surface area (Å²) in [6, 6.07) is 7.90. The molecule has 0 aromatic heterocycles. The van der Waals surface area contributed by atoms with Crippen LogP contribution in [-0.4, -0.2) is 62.6 Å². The first-order valence-electron chi connectivity index (χ1n) is 10.6. The van der Waals surface area contributed by atoms with Crippen molar-refractivity contribution < 1.29 is 19.1 Å². The molecule has 5 atom stereocenters. The number of benzene rings is 1. The molecule has 6 aliphatic rings. The van der Waals surface area contributed by atoms with Crippen molar-refractivity contribution >= 4 is 17.4 Å². The second-order valence-corrected chi connectivity index (χ2v) is 9.20. The van der Waals surface area contributed by atoms with Crippen LogP contribution in [0.2, 0.25) is 0 Å². The number of hydrogen-bond acceptors (Lipinski definition) is 5. The van der Waals surface area contributed by atoms with E-state index >= 15 is 0 Å². The van der Waals surface area contributed by atoms with Crippen molar-refractivity contribution in [2.45, 2.75) is 36.8 Å². The Morgan fingerprint density at radius 3 is 2.86 bits per heavy atom. The Labute approximate surface area is 170 Å². The van der Waals surface area contributed by atoms with E-state index < -0.39 is 5.41 Å². The van der Waals surface area contributed by atoms with Crippen LogP contribution in [0.15, 0.2) is 35.6 Å². The third-order valence-electron chi connectivity index (χ3n) is 8.04. The zero-order valence-corrected chi connectivity index (χ0v) is 16.9.